The number of amides is 1. The lowest BCUT2D eigenvalue weighted by Gasteiger charge is -2.13. The highest BCUT2D eigenvalue weighted by Gasteiger charge is 2.22. The Morgan fingerprint density at radius 2 is 1.77 bits per heavy atom. The summed E-state index contributed by atoms with van der Waals surface area (Å²) in [6.07, 6.45) is 5.90. The lowest BCUT2D eigenvalue weighted by atomic mass is 10.2. The van der Waals surface area contributed by atoms with Gasteiger partial charge >= 0.3 is 0 Å². The molecule has 2 aromatic carbocycles. The molecule has 0 saturated heterocycles. The van der Waals surface area contributed by atoms with Crippen molar-refractivity contribution in [2.75, 3.05) is 11.6 Å². The van der Waals surface area contributed by atoms with Crippen LogP contribution in [0, 0.1) is 12.7 Å². The van der Waals surface area contributed by atoms with Gasteiger partial charge in [0.05, 0.1) is 11.1 Å². The molecule has 0 radical (unpaired) electrons. The van der Waals surface area contributed by atoms with E-state index in [1.165, 1.54) is 29.1 Å². The predicted octanol–water partition coefficient (Wildman–Crippen LogP) is 3.77. The molecule has 0 spiro atoms. The summed E-state index contributed by atoms with van der Waals surface area (Å²) in [6.45, 7) is 1.76. The number of aryl methyl sites for hydroxylation is 1. The Bertz CT molecular complexity index is 1380. The molecule has 158 valence electrons. The zero-order valence-electron chi connectivity index (χ0n) is 16.8. The van der Waals surface area contributed by atoms with Crippen LogP contribution in [0.3, 0.4) is 0 Å². The molecule has 7 nitrogen and oxygen atoms in total. The second-order valence-corrected chi connectivity index (χ2v) is 9.05. The van der Waals surface area contributed by atoms with E-state index in [1.807, 2.05) is 0 Å². The fourth-order valence-electron chi connectivity index (χ4n) is 3.18. The average molecular weight is 438 g/mol. The maximum absolute atomic E-state index is 14.4. The molecule has 0 aliphatic heterocycles. The standard InChI is InChI=1S/C22H19FN4O3S/c1-15-9-10-16(31(2,29)30)13-19(15)25-21(28)17-14-24-27(20-8-4-3-7-18(20)23)22(17)26-11-5-6-12-26/h3-14H,1-2H3,(H,25,28). The van der Waals surface area contributed by atoms with Gasteiger partial charge in [-0.25, -0.2) is 17.5 Å². The van der Waals surface area contributed by atoms with Crippen LogP contribution < -0.4 is 5.32 Å². The number of para-hydroxylation sites is 1. The molecule has 2 heterocycles. The van der Waals surface area contributed by atoms with Crippen molar-refractivity contribution in [3.8, 4) is 11.5 Å². The maximum atomic E-state index is 14.4. The number of hydrogen-bond acceptors (Lipinski definition) is 4. The first kappa shape index (κ1) is 20.5. The summed E-state index contributed by atoms with van der Waals surface area (Å²) in [5.41, 5.74) is 1.46. The molecule has 0 aliphatic carbocycles. The van der Waals surface area contributed by atoms with Crippen LogP contribution >= 0.6 is 0 Å². The summed E-state index contributed by atoms with van der Waals surface area (Å²) in [5.74, 6) is -0.632. The van der Waals surface area contributed by atoms with Crippen molar-refractivity contribution in [2.24, 2.45) is 0 Å². The molecule has 31 heavy (non-hydrogen) atoms. The number of anilines is 1. The molecule has 1 amide bonds. The van der Waals surface area contributed by atoms with Crippen molar-refractivity contribution >= 4 is 21.4 Å². The number of carbonyl (C=O) groups is 1. The lowest BCUT2D eigenvalue weighted by molar-refractivity contribution is 0.102. The molecular weight excluding hydrogens is 419 g/mol. The highest BCUT2D eigenvalue weighted by atomic mass is 32.2. The van der Waals surface area contributed by atoms with Crippen LogP contribution in [-0.2, 0) is 9.84 Å². The number of halogens is 1. The number of nitrogens with zero attached hydrogens (tertiary/aromatic N) is 3. The van der Waals surface area contributed by atoms with E-state index in [1.54, 1.807) is 60.3 Å². The first-order valence-electron chi connectivity index (χ1n) is 9.34. The lowest BCUT2D eigenvalue weighted by Crippen LogP contribution is -2.16. The molecule has 4 rings (SSSR count). The minimum Gasteiger partial charge on any atom is -0.322 e. The van der Waals surface area contributed by atoms with Crippen LogP contribution in [-0.4, -0.2) is 34.9 Å². The van der Waals surface area contributed by atoms with Crippen molar-refractivity contribution in [3.05, 3.63) is 90.1 Å². The molecule has 0 atom stereocenters. The smallest absolute Gasteiger partial charge is 0.261 e. The molecule has 4 aromatic rings. The van der Waals surface area contributed by atoms with Gasteiger partial charge in [-0.1, -0.05) is 18.2 Å². The zero-order valence-corrected chi connectivity index (χ0v) is 17.6. The van der Waals surface area contributed by atoms with Crippen molar-refractivity contribution in [3.63, 3.8) is 0 Å². The van der Waals surface area contributed by atoms with E-state index in [2.05, 4.69) is 10.4 Å². The monoisotopic (exact) mass is 438 g/mol. The fraction of sp³-hybridized carbons (Fsp3) is 0.0909. The van der Waals surface area contributed by atoms with Crippen LogP contribution in [0.5, 0.6) is 0 Å². The molecule has 0 aliphatic rings. The third-order valence-electron chi connectivity index (χ3n) is 4.80. The summed E-state index contributed by atoms with van der Waals surface area (Å²) in [6, 6.07) is 14.2. The van der Waals surface area contributed by atoms with E-state index in [9.17, 15) is 17.6 Å². The van der Waals surface area contributed by atoms with Gasteiger partial charge in [-0.2, -0.15) is 5.10 Å². The van der Waals surface area contributed by atoms with E-state index in [4.69, 9.17) is 0 Å². The number of carbonyl (C=O) groups excluding carboxylic acids is 1. The topological polar surface area (TPSA) is 86.0 Å². The average Bonchev–Trinajstić information content (AvgIpc) is 3.38. The van der Waals surface area contributed by atoms with Crippen molar-refractivity contribution < 1.29 is 17.6 Å². The van der Waals surface area contributed by atoms with Gasteiger partial charge in [0.15, 0.2) is 15.7 Å². The summed E-state index contributed by atoms with van der Waals surface area (Å²) in [5, 5.41) is 7.00. The van der Waals surface area contributed by atoms with Gasteiger partial charge in [0.25, 0.3) is 5.91 Å². The van der Waals surface area contributed by atoms with Crippen LogP contribution in [0.25, 0.3) is 11.5 Å². The Kier molecular flexibility index (Phi) is 5.20. The zero-order chi connectivity index (χ0) is 22.2. The maximum Gasteiger partial charge on any atom is 0.261 e. The number of sulfone groups is 1. The third-order valence-corrected chi connectivity index (χ3v) is 5.91. The predicted molar refractivity (Wildman–Crippen MR) is 115 cm³/mol. The van der Waals surface area contributed by atoms with Gasteiger partial charge in [-0.15, -0.1) is 0 Å². The summed E-state index contributed by atoms with van der Waals surface area (Å²) < 4.78 is 41.2. The SMILES string of the molecule is Cc1ccc(S(C)(=O)=O)cc1NC(=O)c1cnn(-c2ccccc2F)c1-n1cccc1. The second kappa shape index (κ2) is 7.84. The van der Waals surface area contributed by atoms with Crippen molar-refractivity contribution in [1.82, 2.24) is 14.3 Å². The Balaban J connectivity index is 1.79. The van der Waals surface area contributed by atoms with Gasteiger partial charge in [0, 0.05) is 24.3 Å². The normalized spacial score (nSPS) is 11.5. The molecule has 0 unspecified atom stereocenters. The molecular formula is C22H19FN4O3S. The number of benzene rings is 2. The van der Waals surface area contributed by atoms with E-state index < -0.39 is 21.6 Å². The number of nitrogens with one attached hydrogen (secondary N) is 1. The molecule has 1 N–H and O–H groups in total. The first-order chi connectivity index (χ1) is 14.8. The minimum absolute atomic E-state index is 0.0982. The van der Waals surface area contributed by atoms with Crippen LogP contribution in [0.4, 0.5) is 10.1 Å². The molecule has 0 fully saturated rings. The van der Waals surface area contributed by atoms with Gasteiger partial charge in [0.2, 0.25) is 0 Å². The summed E-state index contributed by atoms with van der Waals surface area (Å²) in [4.78, 5) is 13.3. The highest BCUT2D eigenvalue weighted by Crippen LogP contribution is 2.25. The number of hydrogen-bond donors (Lipinski definition) is 1. The molecule has 2 aromatic heterocycles. The van der Waals surface area contributed by atoms with E-state index in [-0.39, 0.29) is 16.1 Å². The summed E-state index contributed by atoms with van der Waals surface area (Å²) >= 11 is 0. The molecule has 0 saturated carbocycles. The van der Waals surface area contributed by atoms with Gasteiger partial charge in [-0.05, 0) is 48.9 Å². The van der Waals surface area contributed by atoms with E-state index >= 15 is 0 Å². The molecule has 9 heteroatoms. The first-order valence-corrected chi connectivity index (χ1v) is 11.2. The number of aromatic nitrogens is 3. The Hall–Kier alpha value is -3.72. The van der Waals surface area contributed by atoms with E-state index in [0.29, 0.717) is 17.1 Å². The second-order valence-electron chi connectivity index (χ2n) is 7.04. The van der Waals surface area contributed by atoms with Crippen LogP contribution in [0.1, 0.15) is 15.9 Å². The van der Waals surface area contributed by atoms with Crippen molar-refractivity contribution in [2.45, 2.75) is 11.8 Å². The summed E-state index contributed by atoms with van der Waals surface area (Å²) in [7, 11) is -3.44. The van der Waals surface area contributed by atoms with Gasteiger partial charge < -0.3 is 9.88 Å². The van der Waals surface area contributed by atoms with Crippen LogP contribution in [0.15, 0.2) is 78.1 Å². The molecule has 0 bridgehead atoms. The highest BCUT2D eigenvalue weighted by molar-refractivity contribution is 7.90. The van der Waals surface area contributed by atoms with Crippen LogP contribution in [0.2, 0.25) is 0 Å². The van der Waals surface area contributed by atoms with Crippen molar-refractivity contribution in [1.29, 1.82) is 0 Å². The van der Waals surface area contributed by atoms with Gasteiger partial charge in [-0.3, -0.25) is 4.79 Å². The quantitative estimate of drug-likeness (QED) is 0.514. The largest absolute Gasteiger partial charge is 0.322 e. The fourth-order valence-corrected chi connectivity index (χ4v) is 3.83. The Morgan fingerprint density at radius 3 is 2.45 bits per heavy atom. The third kappa shape index (κ3) is 3.99. The van der Waals surface area contributed by atoms with E-state index in [0.717, 1.165) is 6.26 Å². The number of rotatable bonds is 5. The van der Waals surface area contributed by atoms with Gasteiger partial charge in [0.1, 0.15) is 17.1 Å². The Labute approximate surface area is 178 Å². The Morgan fingerprint density at radius 1 is 1.06 bits per heavy atom. The minimum atomic E-state index is -3.44.